The maximum atomic E-state index is 12.6. The standard InChI is InChI=1S/C17H23IN2O3/c1-17(2,3)23-16(22)19-14-9-13(10-18)20(15(14)21)11-12-7-5-4-6-8-12/h4-8,13-14H,9-11H2,1-3H3,(H,19,22)/t13-,14-/m1/s1. The molecule has 23 heavy (non-hydrogen) atoms. The van der Waals surface area contributed by atoms with Crippen LogP contribution in [0.1, 0.15) is 32.8 Å². The molecule has 1 aromatic carbocycles. The molecule has 1 heterocycles. The number of carbonyl (C=O) groups is 2. The molecular weight excluding hydrogens is 407 g/mol. The van der Waals surface area contributed by atoms with E-state index in [0.29, 0.717) is 13.0 Å². The Hall–Kier alpha value is -1.31. The van der Waals surface area contributed by atoms with Crippen molar-refractivity contribution in [3.8, 4) is 0 Å². The minimum atomic E-state index is -0.571. The lowest BCUT2D eigenvalue weighted by Crippen LogP contribution is -2.43. The summed E-state index contributed by atoms with van der Waals surface area (Å²) in [4.78, 5) is 26.4. The van der Waals surface area contributed by atoms with E-state index in [1.165, 1.54) is 0 Å². The van der Waals surface area contributed by atoms with Gasteiger partial charge in [-0.15, -0.1) is 0 Å². The number of ether oxygens (including phenoxy) is 1. The molecule has 126 valence electrons. The maximum absolute atomic E-state index is 12.6. The molecule has 2 atom stereocenters. The lowest BCUT2D eigenvalue weighted by atomic mass is 10.2. The van der Waals surface area contributed by atoms with E-state index in [9.17, 15) is 9.59 Å². The fraction of sp³-hybridized carbons (Fsp3) is 0.529. The van der Waals surface area contributed by atoms with Crippen molar-refractivity contribution in [3.63, 3.8) is 0 Å². The summed E-state index contributed by atoms with van der Waals surface area (Å²) in [5.74, 6) is -0.0404. The van der Waals surface area contributed by atoms with Gasteiger partial charge in [0.05, 0.1) is 0 Å². The third-order valence-electron chi connectivity index (χ3n) is 3.59. The van der Waals surface area contributed by atoms with Crippen LogP contribution in [-0.4, -0.2) is 39.0 Å². The van der Waals surface area contributed by atoms with Crippen LogP contribution in [0.2, 0.25) is 0 Å². The number of hydrogen-bond acceptors (Lipinski definition) is 3. The van der Waals surface area contributed by atoms with Crippen LogP contribution >= 0.6 is 22.6 Å². The minimum absolute atomic E-state index is 0.0404. The highest BCUT2D eigenvalue weighted by atomic mass is 127. The van der Waals surface area contributed by atoms with E-state index in [2.05, 4.69) is 27.9 Å². The summed E-state index contributed by atoms with van der Waals surface area (Å²) in [7, 11) is 0. The third kappa shape index (κ3) is 5.09. The average molecular weight is 430 g/mol. The Balaban J connectivity index is 2.02. The number of alkyl carbamates (subject to hydrolysis) is 1. The number of likely N-dealkylation sites (tertiary alicyclic amines) is 1. The number of hydrogen-bond donors (Lipinski definition) is 1. The number of rotatable bonds is 4. The molecule has 1 N–H and O–H groups in total. The van der Waals surface area contributed by atoms with Crippen molar-refractivity contribution in [2.75, 3.05) is 4.43 Å². The zero-order chi connectivity index (χ0) is 17.0. The molecule has 0 saturated carbocycles. The molecule has 2 amide bonds. The molecule has 1 aliphatic heterocycles. The first-order valence-electron chi connectivity index (χ1n) is 7.70. The van der Waals surface area contributed by atoms with Crippen LogP contribution in [0.15, 0.2) is 30.3 Å². The van der Waals surface area contributed by atoms with Crippen LogP contribution < -0.4 is 5.32 Å². The minimum Gasteiger partial charge on any atom is -0.444 e. The number of nitrogens with zero attached hydrogens (tertiary/aromatic N) is 1. The highest BCUT2D eigenvalue weighted by Crippen LogP contribution is 2.24. The van der Waals surface area contributed by atoms with E-state index in [0.717, 1.165) is 9.99 Å². The molecule has 0 bridgehead atoms. The SMILES string of the molecule is CC(C)(C)OC(=O)N[C@@H]1C[C@H](CI)N(Cc2ccccc2)C1=O. The summed E-state index contributed by atoms with van der Waals surface area (Å²) in [6.07, 6.45) is 0.0815. The quantitative estimate of drug-likeness (QED) is 0.590. The second kappa shape index (κ2) is 7.51. The lowest BCUT2D eigenvalue weighted by Gasteiger charge is -2.23. The smallest absolute Gasteiger partial charge is 0.408 e. The fourth-order valence-electron chi connectivity index (χ4n) is 2.58. The van der Waals surface area contributed by atoms with Crippen LogP contribution in [0, 0.1) is 0 Å². The molecule has 0 radical (unpaired) electrons. The zero-order valence-corrected chi connectivity index (χ0v) is 15.9. The van der Waals surface area contributed by atoms with E-state index < -0.39 is 17.7 Å². The maximum Gasteiger partial charge on any atom is 0.408 e. The molecule has 0 aliphatic carbocycles. The number of carbonyl (C=O) groups excluding carboxylic acids is 2. The van der Waals surface area contributed by atoms with Crippen LogP contribution in [0.3, 0.4) is 0 Å². The first-order valence-corrected chi connectivity index (χ1v) is 9.22. The molecular formula is C17H23IN2O3. The van der Waals surface area contributed by atoms with Crippen LogP contribution in [0.4, 0.5) is 4.79 Å². The summed E-state index contributed by atoms with van der Waals surface area (Å²) in [6, 6.07) is 9.52. The van der Waals surface area contributed by atoms with Gasteiger partial charge in [0.15, 0.2) is 0 Å². The monoisotopic (exact) mass is 430 g/mol. The largest absolute Gasteiger partial charge is 0.444 e. The molecule has 0 aromatic heterocycles. The Morgan fingerprint density at radius 2 is 2.00 bits per heavy atom. The van der Waals surface area contributed by atoms with Crippen molar-refractivity contribution in [2.24, 2.45) is 0 Å². The van der Waals surface area contributed by atoms with E-state index in [4.69, 9.17) is 4.74 Å². The Morgan fingerprint density at radius 1 is 1.35 bits per heavy atom. The van der Waals surface area contributed by atoms with Crippen LogP contribution in [0.25, 0.3) is 0 Å². The van der Waals surface area contributed by atoms with E-state index >= 15 is 0 Å². The van der Waals surface area contributed by atoms with Crippen molar-refractivity contribution in [1.29, 1.82) is 0 Å². The van der Waals surface area contributed by atoms with Gasteiger partial charge in [-0.05, 0) is 32.8 Å². The summed E-state index contributed by atoms with van der Waals surface area (Å²) in [6.45, 7) is 5.98. The normalized spacial score (nSPS) is 21.4. The van der Waals surface area contributed by atoms with Gasteiger partial charge in [0.1, 0.15) is 11.6 Å². The summed E-state index contributed by atoms with van der Waals surface area (Å²) < 4.78 is 6.08. The second-order valence-corrected chi connectivity index (χ2v) is 7.58. The zero-order valence-electron chi connectivity index (χ0n) is 13.7. The van der Waals surface area contributed by atoms with E-state index in [-0.39, 0.29) is 11.9 Å². The van der Waals surface area contributed by atoms with Crippen LogP contribution in [0.5, 0.6) is 0 Å². The molecule has 1 aromatic rings. The van der Waals surface area contributed by atoms with Crippen molar-refractivity contribution in [1.82, 2.24) is 10.2 Å². The van der Waals surface area contributed by atoms with Crippen molar-refractivity contribution in [2.45, 2.75) is 51.4 Å². The summed E-state index contributed by atoms with van der Waals surface area (Å²) >= 11 is 2.29. The van der Waals surface area contributed by atoms with Gasteiger partial charge in [0.25, 0.3) is 0 Å². The van der Waals surface area contributed by atoms with Gasteiger partial charge in [-0.25, -0.2) is 4.79 Å². The Bertz CT molecular complexity index is 557. The first-order chi connectivity index (χ1) is 10.8. The molecule has 0 unspecified atom stereocenters. The van der Waals surface area contributed by atoms with Gasteiger partial charge in [0.2, 0.25) is 5.91 Å². The summed E-state index contributed by atoms with van der Waals surface area (Å²) in [5.41, 5.74) is 0.520. The Kier molecular flexibility index (Phi) is 5.89. The van der Waals surface area contributed by atoms with Gasteiger partial charge in [-0.3, -0.25) is 4.79 Å². The first kappa shape index (κ1) is 18.0. The number of alkyl halides is 1. The topological polar surface area (TPSA) is 58.6 Å². The Morgan fingerprint density at radius 3 is 2.57 bits per heavy atom. The molecule has 5 nitrogen and oxygen atoms in total. The molecule has 1 saturated heterocycles. The molecule has 1 aliphatic rings. The summed E-state index contributed by atoms with van der Waals surface area (Å²) in [5, 5.41) is 2.71. The van der Waals surface area contributed by atoms with Gasteiger partial charge in [-0.2, -0.15) is 0 Å². The second-order valence-electron chi connectivity index (χ2n) is 6.69. The highest BCUT2D eigenvalue weighted by Gasteiger charge is 2.40. The fourth-order valence-corrected chi connectivity index (χ4v) is 3.42. The van der Waals surface area contributed by atoms with Gasteiger partial charge in [0, 0.05) is 17.0 Å². The van der Waals surface area contributed by atoms with Gasteiger partial charge >= 0.3 is 6.09 Å². The third-order valence-corrected chi connectivity index (χ3v) is 4.61. The molecule has 2 rings (SSSR count). The Labute approximate surface area is 150 Å². The van der Waals surface area contributed by atoms with Gasteiger partial charge in [-0.1, -0.05) is 52.9 Å². The van der Waals surface area contributed by atoms with E-state index in [1.54, 1.807) is 20.8 Å². The predicted molar refractivity (Wildman–Crippen MR) is 97.4 cm³/mol. The van der Waals surface area contributed by atoms with Crippen molar-refractivity contribution >= 4 is 34.6 Å². The van der Waals surface area contributed by atoms with Gasteiger partial charge < -0.3 is 15.0 Å². The molecule has 6 heteroatoms. The average Bonchev–Trinajstić information content (AvgIpc) is 2.75. The van der Waals surface area contributed by atoms with Crippen LogP contribution in [-0.2, 0) is 16.1 Å². The van der Waals surface area contributed by atoms with E-state index in [1.807, 2.05) is 35.2 Å². The highest BCUT2D eigenvalue weighted by molar-refractivity contribution is 14.1. The molecule has 0 spiro atoms. The molecule has 1 fully saturated rings. The number of nitrogens with one attached hydrogen (secondary N) is 1. The van der Waals surface area contributed by atoms with Crippen molar-refractivity contribution in [3.05, 3.63) is 35.9 Å². The number of amides is 2. The number of benzene rings is 1. The van der Waals surface area contributed by atoms with Crippen molar-refractivity contribution < 1.29 is 14.3 Å². The number of halogens is 1. The lowest BCUT2D eigenvalue weighted by molar-refractivity contribution is -0.130. The predicted octanol–water partition coefficient (Wildman–Crippen LogP) is 3.12.